The lowest BCUT2D eigenvalue weighted by Crippen LogP contribution is -2.68. The highest BCUT2D eigenvalue weighted by molar-refractivity contribution is 5.35. The molecule has 5 aliphatic rings. The molecule has 0 aliphatic heterocycles. The van der Waals surface area contributed by atoms with Gasteiger partial charge in [0, 0.05) is 5.92 Å². The van der Waals surface area contributed by atoms with E-state index in [1.807, 2.05) is 0 Å². The molecule has 0 bridgehead atoms. The Morgan fingerprint density at radius 1 is 0.795 bits per heavy atom. The normalized spacial score (nSPS) is 48.1. The lowest BCUT2D eigenvalue weighted by molar-refractivity contribution is -0.253. The number of hydrogen-bond donors (Lipinski definition) is 1. The van der Waals surface area contributed by atoms with Crippen LogP contribution in [0.25, 0.3) is 0 Å². The zero-order chi connectivity index (χ0) is 28.1. The molecule has 0 saturated heterocycles. The minimum Gasteiger partial charge on any atom is -0.393 e. The Hall–Kier alpha value is -1.12. The minimum atomic E-state index is -0.188. The number of aliphatic hydroxyl groups excluding tert-OH is 1. The van der Waals surface area contributed by atoms with Crippen molar-refractivity contribution in [2.75, 3.05) is 0 Å². The van der Waals surface area contributed by atoms with Crippen LogP contribution in [-0.4, -0.2) is 16.8 Å². The predicted octanol–water partition coefficient (Wildman–Crippen LogP) is 9.51. The molecule has 0 aromatic heterocycles. The molecule has 0 unspecified atom stereocenters. The van der Waals surface area contributed by atoms with Gasteiger partial charge >= 0.3 is 0 Å². The molecule has 0 radical (unpaired) electrons. The lowest BCUT2D eigenvalue weighted by atomic mass is 9.31. The molecule has 1 N–H and O–H groups in total. The largest absolute Gasteiger partial charge is 0.393 e. The van der Waals surface area contributed by atoms with Crippen LogP contribution in [0, 0.1) is 44.3 Å². The molecule has 2 nitrogen and oxygen atoms in total. The van der Waals surface area contributed by atoms with Gasteiger partial charge in [-0.05, 0) is 108 Å². The van der Waals surface area contributed by atoms with Gasteiger partial charge in [0.2, 0.25) is 0 Å². The summed E-state index contributed by atoms with van der Waals surface area (Å²) in [6.07, 6.45) is 14.5. The monoisotopic (exact) mass is 532 g/mol. The van der Waals surface area contributed by atoms with E-state index in [1.54, 1.807) is 5.57 Å². The van der Waals surface area contributed by atoms with Gasteiger partial charge < -0.3 is 9.84 Å². The van der Waals surface area contributed by atoms with Crippen LogP contribution in [0.3, 0.4) is 0 Å². The van der Waals surface area contributed by atoms with Crippen LogP contribution in [-0.2, 0) is 11.3 Å². The fraction of sp³-hybridized carbons (Fsp3) is 0.784. The fourth-order valence-corrected chi connectivity index (χ4v) is 11.4. The standard InChI is InChI=1S/C37H56O2/c1-31(2)18-22-37(39-25-26-12-10-9-11-13-26)23-20-33(5)27(28(37)24-31)14-15-29-34(33,6)19-21-36(8)32(3,4)30(38)16-17-35(29,36)7/h9-14,28-30,38H,15-25H2,1-8H3/t28-,29-,30-,33+,34+,35+,36-,37-/m0/s1. The molecule has 4 fully saturated rings. The van der Waals surface area contributed by atoms with Crippen molar-refractivity contribution >= 4 is 0 Å². The summed E-state index contributed by atoms with van der Waals surface area (Å²) in [5.41, 5.74) is 4.27. The molecule has 39 heavy (non-hydrogen) atoms. The van der Waals surface area contributed by atoms with Crippen molar-refractivity contribution in [1.29, 1.82) is 0 Å². The second-order valence-corrected chi connectivity index (χ2v) is 17.0. The van der Waals surface area contributed by atoms with Crippen molar-refractivity contribution in [3.8, 4) is 0 Å². The molecule has 0 heterocycles. The average molecular weight is 533 g/mol. The molecule has 1 aromatic rings. The van der Waals surface area contributed by atoms with E-state index in [-0.39, 0.29) is 38.8 Å². The van der Waals surface area contributed by atoms with Gasteiger partial charge in [-0.25, -0.2) is 0 Å². The van der Waals surface area contributed by atoms with Crippen LogP contribution in [0.1, 0.15) is 125 Å². The SMILES string of the molecule is CC1(C)CC[C@]2(OCc3ccccc3)CC[C@]3(C)C(=CC[C@@H]4[C@@]5(C)CC[C@H](O)C(C)(C)[C@]5(C)CC[C@]43C)[C@@H]2C1. The Bertz CT molecular complexity index is 1130. The van der Waals surface area contributed by atoms with Crippen molar-refractivity contribution in [3.63, 3.8) is 0 Å². The third-order valence-corrected chi connectivity index (χ3v) is 15.0. The fourth-order valence-electron chi connectivity index (χ4n) is 11.4. The number of benzene rings is 1. The Labute approximate surface area is 239 Å². The van der Waals surface area contributed by atoms with Crippen LogP contribution >= 0.6 is 0 Å². The third kappa shape index (κ3) is 3.65. The smallest absolute Gasteiger partial charge is 0.0753 e. The van der Waals surface area contributed by atoms with Gasteiger partial charge in [-0.15, -0.1) is 0 Å². The summed E-state index contributed by atoms with van der Waals surface area (Å²) in [5, 5.41) is 11.2. The van der Waals surface area contributed by atoms with E-state index in [9.17, 15) is 5.11 Å². The van der Waals surface area contributed by atoms with E-state index < -0.39 is 0 Å². The lowest BCUT2D eigenvalue weighted by Gasteiger charge is -2.74. The Balaban J connectivity index is 1.39. The number of aliphatic hydroxyl groups is 1. The highest BCUT2D eigenvalue weighted by atomic mass is 16.5. The summed E-state index contributed by atoms with van der Waals surface area (Å²) in [6, 6.07) is 10.8. The molecular formula is C37H56O2. The zero-order valence-corrected chi connectivity index (χ0v) is 26.3. The van der Waals surface area contributed by atoms with Crippen LogP contribution in [0.2, 0.25) is 0 Å². The summed E-state index contributed by atoms with van der Waals surface area (Å²) >= 11 is 0. The van der Waals surface area contributed by atoms with Crippen molar-refractivity contribution in [2.24, 2.45) is 44.3 Å². The number of ether oxygens (including phenoxy) is 1. The van der Waals surface area contributed by atoms with Crippen LogP contribution in [0.4, 0.5) is 0 Å². The first-order valence-corrected chi connectivity index (χ1v) is 16.2. The van der Waals surface area contributed by atoms with Crippen molar-refractivity contribution < 1.29 is 9.84 Å². The summed E-state index contributed by atoms with van der Waals surface area (Å²) in [5.74, 6) is 1.19. The van der Waals surface area contributed by atoms with Gasteiger partial charge in [-0.3, -0.25) is 0 Å². The number of allylic oxidation sites excluding steroid dienone is 1. The third-order valence-electron chi connectivity index (χ3n) is 15.0. The summed E-state index contributed by atoms with van der Waals surface area (Å²) in [7, 11) is 0. The molecular weight excluding hydrogens is 476 g/mol. The molecule has 0 spiro atoms. The molecule has 2 heteroatoms. The first-order valence-electron chi connectivity index (χ1n) is 16.2. The van der Waals surface area contributed by atoms with Crippen molar-refractivity contribution in [3.05, 3.63) is 47.5 Å². The van der Waals surface area contributed by atoms with E-state index in [2.05, 4.69) is 91.8 Å². The van der Waals surface area contributed by atoms with Crippen LogP contribution < -0.4 is 0 Å². The second kappa shape index (κ2) is 8.70. The molecule has 5 aliphatic carbocycles. The maximum absolute atomic E-state index is 11.2. The molecule has 8 atom stereocenters. The zero-order valence-electron chi connectivity index (χ0n) is 26.3. The maximum Gasteiger partial charge on any atom is 0.0753 e. The van der Waals surface area contributed by atoms with E-state index in [0.717, 1.165) is 19.4 Å². The Morgan fingerprint density at radius 3 is 2.21 bits per heavy atom. The van der Waals surface area contributed by atoms with Gasteiger partial charge in [0.05, 0.1) is 18.3 Å². The second-order valence-electron chi connectivity index (χ2n) is 17.0. The van der Waals surface area contributed by atoms with Crippen molar-refractivity contribution in [2.45, 2.75) is 138 Å². The van der Waals surface area contributed by atoms with Gasteiger partial charge in [-0.2, -0.15) is 0 Å². The van der Waals surface area contributed by atoms with E-state index in [0.29, 0.717) is 17.3 Å². The van der Waals surface area contributed by atoms with E-state index in [4.69, 9.17) is 4.74 Å². The summed E-state index contributed by atoms with van der Waals surface area (Å²) < 4.78 is 7.11. The van der Waals surface area contributed by atoms with Gasteiger partial charge in [0.1, 0.15) is 0 Å². The Kier molecular flexibility index (Phi) is 6.25. The topological polar surface area (TPSA) is 29.5 Å². The first-order chi connectivity index (χ1) is 18.1. The van der Waals surface area contributed by atoms with Gasteiger partial charge in [0.25, 0.3) is 0 Å². The van der Waals surface area contributed by atoms with Crippen molar-refractivity contribution in [1.82, 2.24) is 0 Å². The highest BCUT2D eigenvalue weighted by Gasteiger charge is 2.71. The minimum absolute atomic E-state index is 0.0239. The quantitative estimate of drug-likeness (QED) is 0.393. The summed E-state index contributed by atoms with van der Waals surface area (Å²) in [4.78, 5) is 0. The van der Waals surface area contributed by atoms with E-state index in [1.165, 1.54) is 56.9 Å². The molecule has 216 valence electrons. The highest BCUT2D eigenvalue weighted by Crippen LogP contribution is 2.78. The first kappa shape index (κ1) is 28.0. The molecule has 6 rings (SSSR count). The molecule has 4 saturated carbocycles. The Morgan fingerprint density at radius 2 is 1.49 bits per heavy atom. The number of fused-ring (bicyclic) bond motifs is 7. The van der Waals surface area contributed by atoms with E-state index >= 15 is 0 Å². The van der Waals surface area contributed by atoms with Crippen LogP contribution in [0.15, 0.2) is 42.0 Å². The summed E-state index contributed by atoms with van der Waals surface area (Å²) in [6.45, 7) is 21.0. The predicted molar refractivity (Wildman–Crippen MR) is 161 cm³/mol. The molecule has 0 amide bonds. The number of rotatable bonds is 3. The maximum atomic E-state index is 11.2. The number of hydrogen-bond acceptors (Lipinski definition) is 2. The van der Waals surface area contributed by atoms with Gasteiger partial charge in [-0.1, -0.05) is 97.4 Å². The van der Waals surface area contributed by atoms with Crippen LogP contribution in [0.5, 0.6) is 0 Å². The molecule has 1 aromatic carbocycles. The average Bonchev–Trinajstić information content (AvgIpc) is 2.89. The van der Waals surface area contributed by atoms with Gasteiger partial charge in [0.15, 0.2) is 0 Å².